The fraction of sp³-hybridized carbons (Fsp3) is 0.167. The molecule has 136 valence electrons. The van der Waals surface area contributed by atoms with Crippen LogP contribution in [0.2, 0.25) is 0 Å². The molecule has 0 unspecified atom stereocenters. The quantitative estimate of drug-likeness (QED) is 0.346. The highest BCUT2D eigenvalue weighted by Crippen LogP contribution is 2.13. The van der Waals surface area contributed by atoms with Crippen molar-refractivity contribution in [2.75, 3.05) is 18.5 Å². The van der Waals surface area contributed by atoms with Gasteiger partial charge in [-0.25, -0.2) is 5.48 Å². The zero-order chi connectivity index (χ0) is 18.9. The molecule has 8 heteroatoms. The minimum Gasteiger partial charge on any atom is -0.395 e. The van der Waals surface area contributed by atoms with E-state index in [1.54, 1.807) is 48.5 Å². The molecule has 0 aliphatic rings. The van der Waals surface area contributed by atoms with Crippen molar-refractivity contribution >= 4 is 23.4 Å². The monoisotopic (exact) mass is 357 g/mol. The number of carbonyl (C=O) groups is 3. The van der Waals surface area contributed by atoms with Crippen molar-refractivity contribution in [3.8, 4) is 0 Å². The van der Waals surface area contributed by atoms with Gasteiger partial charge in [0.15, 0.2) is 0 Å². The number of aliphatic hydroxyl groups is 1. The van der Waals surface area contributed by atoms with E-state index in [4.69, 9.17) is 5.21 Å². The lowest BCUT2D eigenvalue weighted by molar-refractivity contribution is -0.141. The summed E-state index contributed by atoms with van der Waals surface area (Å²) in [5.74, 6) is -2.37. The van der Waals surface area contributed by atoms with Gasteiger partial charge in [-0.3, -0.25) is 19.6 Å². The molecule has 3 amide bonds. The summed E-state index contributed by atoms with van der Waals surface area (Å²) >= 11 is 0. The zero-order valence-electron chi connectivity index (χ0n) is 13.9. The second-order valence-electron chi connectivity index (χ2n) is 5.41. The molecule has 2 aromatic rings. The highest BCUT2D eigenvalue weighted by molar-refractivity contribution is 6.39. The van der Waals surface area contributed by atoms with E-state index >= 15 is 0 Å². The van der Waals surface area contributed by atoms with E-state index < -0.39 is 11.8 Å². The number of hydrogen-bond donors (Lipinski definition) is 4. The highest BCUT2D eigenvalue weighted by Gasteiger charge is 2.16. The third-order valence-corrected chi connectivity index (χ3v) is 3.57. The lowest BCUT2D eigenvalue weighted by Gasteiger charge is -2.22. The number of aliphatic hydroxyl groups excluding tert-OH is 1. The molecule has 8 nitrogen and oxygen atoms in total. The van der Waals surface area contributed by atoms with Crippen LogP contribution < -0.4 is 10.8 Å². The average Bonchev–Trinajstić information content (AvgIpc) is 2.68. The molecular formula is C18H19N3O5. The van der Waals surface area contributed by atoms with Gasteiger partial charge >= 0.3 is 11.8 Å². The van der Waals surface area contributed by atoms with Gasteiger partial charge in [0, 0.05) is 24.3 Å². The molecule has 0 radical (unpaired) electrons. The van der Waals surface area contributed by atoms with Crippen molar-refractivity contribution in [3.05, 3.63) is 65.7 Å². The standard InChI is InChI=1S/C18H19N3O5/c22-11-10-21(18(25)14-4-2-1-3-5-14)12-13-6-8-15(9-7-13)19-16(23)17(24)20-26/h1-9,22,26H,10-12H2,(H,19,23)(H,20,24). The van der Waals surface area contributed by atoms with Gasteiger partial charge in [0.2, 0.25) is 0 Å². The fourth-order valence-corrected chi connectivity index (χ4v) is 2.29. The van der Waals surface area contributed by atoms with E-state index in [0.29, 0.717) is 11.3 Å². The van der Waals surface area contributed by atoms with Crippen LogP contribution in [0.4, 0.5) is 5.69 Å². The number of hydrogen-bond acceptors (Lipinski definition) is 5. The Morgan fingerprint density at radius 2 is 1.58 bits per heavy atom. The van der Waals surface area contributed by atoms with Crippen LogP contribution in [0.3, 0.4) is 0 Å². The van der Waals surface area contributed by atoms with Gasteiger partial charge in [0.1, 0.15) is 0 Å². The first-order valence-electron chi connectivity index (χ1n) is 7.84. The molecule has 0 spiro atoms. The minimum absolute atomic E-state index is 0.164. The molecule has 0 aromatic heterocycles. The van der Waals surface area contributed by atoms with Crippen molar-refractivity contribution in [2.45, 2.75) is 6.54 Å². The van der Waals surface area contributed by atoms with Crippen LogP contribution in [-0.2, 0) is 16.1 Å². The molecular weight excluding hydrogens is 338 g/mol. The lowest BCUT2D eigenvalue weighted by Crippen LogP contribution is -2.33. The van der Waals surface area contributed by atoms with Crippen molar-refractivity contribution in [1.29, 1.82) is 0 Å². The Hall–Kier alpha value is -3.23. The second kappa shape index (κ2) is 9.30. The lowest BCUT2D eigenvalue weighted by atomic mass is 10.1. The Morgan fingerprint density at radius 1 is 0.923 bits per heavy atom. The van der Waals surface area contributed by atoms with Gasteiger partial charge in [0.25, 0.3) is 5.91 Å². The van der Waals surface area contributed by atoms with E-state index in [1.807, 2.05) is 6.07 Å². The number of nitrogens with one attached hydrogen (secondary N) is 2. The Morgan fingerprint density at radius 3 is 2.15 bits per heavy atom. The van der Waals surface area contributed by atoms with Gasteiger partial charge in [0.05, 0.1) is 6.61 Å². The van der Waals surface area contributed by atoms with Crippen LogP contribution >= 0.6 is 0 Å². The maximum absolute atomic E-state index is 12.5. The number of rotatable bonds is 6. The fourth-order valence-electron chi connectivity index (χ4n) is 2.29. The van der Waals surface area contributed by atoms with Gasteiger partial charge in [-0.05, 0) is 29.8 Å². The number of hydroxylamine groups is 1. The summed E-state index contributed by atoms with van der Waals surface area (Å²) in [6.07, 6.45) is 0. The van der Waals surface area contributed by atoms with Crippen molar-refractivity contribution in [2.24, 2.45) is 0 Å². The largest absolute Gasteiger partial charge is 0.395 e. The molecule has 0 saturated heterocycles. The molecule has 2 aromatic carbocycles. The Kier molecular flexibility index (Phi) is 6.84. The van der Waals surface area contributed by atoms with E-state index in [0.717, 1.165) is 5.56 Å². The van der Waals surface area contributed by atoms with Gasteiger partial charge in [-0.2, -0.15) is 0 Å². The summed E-state index contributed by atoms with van der Waals surface area (Å²) in [7, 11) is 0. The van der Waals surface area contributed by atoms with Gasteiger partial charge in [-0.1, -0.05) is 30.3 Å². The number of anilines is 1. The summed E-state index contributed by atoms with van der Waals surface area (Å²) in [6.45, 7) is 0.297. The number of amides is 3. The predicted molar refractivity (Wildman–Crippen MR) is 93.3 cm³/mol. The SMILES string of the molecule is O=C(NO)C(=O)Nc1ccc(CN(CCO)C(=O)c2ccccc2)cc1. The Labute approximate surface area is 150 Å². The Bertz CT molecular complexity index is 762. The van der Waals surface area contributed by atoms with Gasteiger partial charge < -0.3 is 15.3 Å². The first-order valence-corrected chi connectivity index (χ1v) is 7.84. The van der Waals surface area contributed by atoms with Crippen LogP contribution in [0, 0.1) is 0 Å². The summed E-state index contributed by atoms with van der Waals surface area (Å²) in [4.78, 5) is 36.4. The van der Waals surface area contributed by atoms with Crippen molar-refractivity contribution in [1.82, 2.24) is 10.4 Å². The molecule has 0 saturated carbocycles. The molecule has 0 atom stereocenters. The normalized spacial score (nSPS) is 10.1. The highest BCUT2D eigenvalue weighted by atomic mass is 16.5. The molecule has 26 heavy (non-hydrogen) atoms. The number of nitrogens with zero attached hydrogens (tertiary/aromatic N) is 1. The summed E-state index contributed by atoms with van der Waals surface area (Å²) in [5.41, 5.74) is 2.92. The topological polar surface area (TPSA) is 119 Å². The predicted octanol–water partition coefficient (Wildman–Crippen LogP) is 0.765. The van der Waals surface area contributed by atoms with E-state index in [9.17, 15) is 19.5 Å². The molecule has 0 heterocycles. The maximum Gasteiger partial charge on any atom is 0.332 e. The van der Waals surface area contributed by atoms with Crippen LogP contribution in [0.15, 0.2) is 54.6 Å². The third-order valence-electron chi connectivity index (χ3n) is 3.57. The zero-order valence-corrected chi connectivity index (χ0v) is 13.9. The average molecular weight is 357 g/mol. The van der Waals surface area contributed by atoms with E-state index in [1.165, 1.54) is 10.4 Å². The second-order valence-corrected chi connectivity index (χ2v) is 5.41. The number of carbonyl (C=O) groups excluding carboxylic acids is 3. The first kappa shape index (κ1) is 19.1. The molecule has 0 bridgehead atoms. The Balaban J connectivity index is 2.06. The van der Waals surface area contributed by atoms with Crippen LogP contribution in [-0.4, -0.2) is 46.1 Å². The maximum atomic E-state index is 12.5. The van der Waals surface area contributed by atoms with E-state index in [-0.39, 0.29) is 25.6 Å². The first-order chi connectivity index (χ1) is 12.5. The van der Waals surface area contributed by atoms with Crippen LogP contribution in [0.1, 0.15) is 15.9 Å². The molecule has 2 rings (SSSR count). The summed E-state index contributed by atoms with van der Waals surface area (Å²) < 4.78 is 0. The molecule has 0 aliphatic carbocycles. The molecule has 4 N–H and O–H groups in total. The summed E-state index contributed by atoms with van der Waals surface area (Å²) in [6, 6.07) is 15.3. The van der Waals surface area contributed by atoms with Crippen LogP contribution in [0.25, 0.3) is 0 Å². The number of benzene rings is 2. The molecule has 0 aliphatic heterocycles. The third kappa shape index (κ3) is 5.13. The van der Waals surface area contributed by atoms with Crippen molar-refractivity contribution < 1.29 is 24.7 Å². The summed E-state index contributed by atoms with van der Waals surface area (Å²) in [5, 5.41) is 19.9. The minimum atomic E-state index is -1.17. The molecule has 0 fully saturated rings. The van der Waals surface area contributed by atoms with Crippen LogP contribution in [0.5, 0.6) is 0 Å². The van der Waals surface area contributed by atoms with E-state index in [2.05, 4.69) is 5.32 Å². The van der Waals surface area contributed by atoms with Crippen molar-refractivity contribution in [3.63, 3.8) is 0 Å². The van der Waals surface area contributed by atoms with Gasteiger partial charge in [-0.15, -0.1) is 0 Å². The smallest absolute Gasteiger partial charge is 0.332 e.